The van der Waals surface area contributed by atoms with E-state index in [0.717, 1.165) is 0 Å². The molecular weight excluding hydrogens is 232 g/mol. The van der Waals surface area contributed by atoms with Crippen LogP contribution in [0.4, 0.5) is 11.5 Å². The van der Waals surface area contributed by atoms with E-state index in [1.54, 1.807) is 7.05 Å². The summed E-state index contributed by atoms with van der Waals surface area (Å²) in [6.45, 7) is 0. The molecule has 0 saturated carbocycles. The summed E-state index contributed by atoms with van der Waals surface area (Å²) in [5, 5.41) is 9.83. The Morgan fingerprint density at radius 2 is 2.25 bits per heavy atom. The molecule has 0 amide bonds. The Hall–Kier alpha value is -2.03. The first-order valence-corrected chi connectivity index (χ1v) is 5.77. The number of aromatic nitrogens is 4. The number of aryl methyl sites for hydroxylation is 1. The van der Waals surface area contributed by atoms with E-state index < -0.39 is 10.0 Å². The van der Waals surface area contributed by atoms with Crippen molar-refractivity contribution in [2.75, 3.05) is 10.5 Å². The van der Waals surface area contributed by atoms with E-state index in [-0.39, 0.29) is 16.4 Å². The maximum absolute atomic E-state index is 11.8. The molecule has 0 spiro atoms. The monoisotopic (exact) mass is 242 g/mol. The molecule has 16 heavy (non-hydrogen) atoms. The van der Waals surface area contributed by atoms with Gasteiger partial charge >= 0.3 is 0 Å². The Morgan fingerprint density at radius 1 is 1.50 bits per heavy atom. The van der Waals surface area contributed by atoms with Gasteiger partial charge in [0.25, 0.3) is 10.0 Å². The third-order valence-electron chi connectivity index (χ3n) is 1.90. The molecule has 0 unspecified atom stereocenters. The number of H-pyrrole nitrogens is 1. The Kier molecular flexibility index (Phi) is 2.31. The highest BCUT2D eigenvalue weighted by Crippen LogP contribution is 2.17. The van der Waals surface area contributed by atoms with Crippen LogP contribution in [-0.4, -0.2) is 28.4 Å². The summed E-state index contributed by atoms with van der Waals surface area (Å²) < 4.78 is 27.3. The van der Waals surface area contributed by atoms with Crippen molar-refractivity contribution in [3.05, 3.63) is 18.6 Å². The van der Waals surface area contributed by atoms with E-state index in [0.29, 0.717) is 0 Å². The first kappa shape index (κ1) is 10.5. The van der Waals surface area contributed by atoms with Crippen LogP contribution in [0.2, 0.25) is 0 Å². The van der Waals surface area contributed by atoms with Gasteiger partial charge in [0, 0.05) is 13.2 Å². The van der Waals surface area contributed by atoms with Gasteiger partial charge in [0.1, 0.15) is 4.90 Å². The van der Waals surface area contributed by atoms with Crippen LogP contribution in [0.5, 0.6) is 0 Å². The molecule has 0 aliphatic rings. The van der Waals surface area contributed by atoms with Gasteiger partial charge in [-0.3, -0.25) is 14.5 Å². The lowest BCUT2D eigenvalue weighted by Crippen LogP contribution is -2.13. The number of nitrogens with one attached hydrogen (secondary N) is 2. The van der Waals surface area contributed by atoms with E-state index in [2.05, 4.69) is 20.0 Å². The van der Waals surface area contributed by atoms with Crippen LogP contribution in [0.3, 0.4) is 0 Å². The van der Waals surface area contributed by atoms with Crippen molar-refractivity contribution in [3.8, 4) is 0 Å². The highest BCUT2D eigenvalue weighted by Gasteiger charge is 2.17. The minimum atomic E-state index is -3.67. The molecule has 0 radical (unpaired) electrons. The fourth-order valence-electron chi connectivity index (χ4n) is 1.11. The Balaban J connectivity index is 2.31. The van der Waals surface area contributed by atoms with E-state index >= 15 is 0 Å². The first-order valence-electron chi connectivity index (χ1n) is 4.29. The molecule has 0 aliphatic carbocycles. The zero-order valence-electron chi connectivity index (χ0n) is 8.38. The molecule has 86 valence electrons. The molecule has 0 fully saturated rings. The largest absolute Gasteiger partial charge is 0.394 e. The van der Waals surface area contributed by atoms with E-state index in [4.69, 9.17) is 5.73 Å². The van der Waals surface area contributed by atoms with Crippen molar-refractivity contribution in [1.29, 1.82) is 0 Å². The van der Waals surface area contributed by atoms with Crippen LogP contribution in [0, 0.1) is 0 Å². The number of rotatable bonds is 3. The zero-order chi connectivity index (χ0) is 11.8. The van der Waals surface area contributed by atoms with E-state index in [1.165, 1.54) is 23.3 Å². The number of sulfonamides is 1. The van der Waals surface area contributed by atoms with Gasteiger partial charge in [-0.05, 0) is 0 Å². The third kappa shape index (κ3) is 1.84. The number of hydrogen-bond acceptors (Lipinski definition) is 5. The molecule has 2 heterocycles. The van der Waals surface area contributed by atoms with Crippen molar-refractivity contribution in [2.45, 2.75) is 4.90 Å². The summed E-state index contributed by atoms with van der Waals surface area (Å²) in [6, 6.07) is 0. The number of hydrogen-bond donors (Lipinski definition) is 3. The molecule has 0 bridgehead atoms. The van der Waals surface area contributed by atoms with Crippen molar-refractivity contribution >= 4 is 21.5 Å². The maximum Gasteiger partial charge on any atom is 0.266 e. The average Bonchev–Trinajstić information content (AvgIpc) is 2.77. The Bertz CT molecular complexity index is 598. The average molecular weight is 242 g/mol. The number of nitrogen functional groups attached to an aromatic ring is 1. The fraction of sp³-hybridized carbons (Fsp3) is 0.143. The molecule has 0 aromatic carbocycles. The first-order chi connectivity index (χ1) is 7.49. The highest BCUT2D eigenvalue weighted by molar-refractivity contribution is 7.92. The fourth-order valence-corrected chi connectivity index (χ4v) is 2.14. The van der Waals surface area contributed by atoms with Crippen molar-refractivity contribution < 1.29 is 8.42 Å². The van der Waals surface area contributed by atoms with E-state index in [9.17, 15) is 8.42 Å². The second kappa shape index (κ2) is 3.52. The second-order valence-corrected chi connectivity index (χ2v) is 4.84. The van der Waals surface area contributed by atoms with Crippen molar-refractivity contribution in [3.63, 3.8) is 0 Å². The van der Waals surface area contributed by atoms with Crippen molar-refractivity contribution in [2.24, 2.45) is 7.05 Å². The van der Waals surface area contributed by atoms with Gasteiger partial charge in [-0.15, -0.1) is 0 Å². The van der Waals surface area contributed by atoms with Gasteiger partial charge in [-0.25, -0.2) is 8.42 Å². The van der Waals surface area contributed by atoms with Crippen LogP contribution in [0.1, 0.15) is 0 Å². The number of nitrogens with zero attached hydrogens (tertiary/aromatic N) is 3. The summed E-state index contributed by atoms with van der Waals surface area (Å²) in [7, 11) is -2.04. The lowest BCUT2D eigenvalue weighted by atomic mass is 10.6. The molecule has 2 aromatic rings. The predicted octanol–water partition coefficient (Wildman–Crippen LogP) is -0.474. The van der Waals surface area contributed by atoms with Crippen molar-refractivity contribution in [1.82, 2.24) is 20.0 Å². The third-order valence-corrected chi connectivity index (χ3v) is 3.20. The summed E-state index contributed by atoms with van der Waals surface area (Å²) in [5.41, 5.74) is 5.72. The van der Waals surface area contributed by atoms with E-state index in [1.807, 2.05) is 0 Å². The minimum Gasteiger partial charge on any atom is -0.394 e. The van der Waals surface area contributed by atoms with Crippen LogP contribution in [0.15, 0.2) is 23.5 Å². The lowest BCUT2D eigenvalue weighted by molar-refractivity contribution is 0.601. The molecular formula is C7H10N6O2S. The predicted molar refractivity (Wildman–Crippen MR) is 57.0 cm³/mol. The molecule has 4 N–H and O–H groups in total. The topological polar surface area (TPSA) is 119 Å². The molecule has 2 aromatic heterocycles. The zero-order valence-corrected chi connectivity index (χ0v) is 9.19. The number of nitrogens with two attached hydrogens (primary N) is 1. The lowest BCUT2D eigenvalue weighted by Gasteiger charge is -2.03. The molecule has 0 aliphatic heterocycles. The van der Waals surface area contributed by atoms with Gasteiger partial charge in [0.05, 0.1) is 18.1 Å². The normalized spacial score (nSPS) is 11.6. The van der Waals surface area contributed by atoms with Gasteiger partial charge < -0.3 is 5.73 Å². The summed E-state index contributed by atoms with van der Waals surface area (Å²) >= 11 is 0. The quantitative estimate of drug-likeness (QED) is 0.672. The van der Waals surface area contributed by atoms with Crippen LogP contribution >= 0.6 is 0 Å². The molecule has 0 saturated heterocycles. The van der Waals surface area contributed by atoms with Crippen LogP contribution in [-0.2, 0) is 17.1 Å². The van der Waals surface area contributed by atoms with Crippen LogP contribution < -0.4 is 10.5 Å². The maximum atomic E-state index is 11.8. The second-order valence-electron chi connectivity index (χ2n) is 3.16. The van der Waals surface area contributed by atoms with Crippen LogP contribution in [0.25, 0.3) is 0 Å². The standard InChI is InChI=1S/C7H10N6O2S/c1-13-4-5(2-10-13)16(14,15)12-7-6(8)3-9-11-7/h2-4H,8H2,1H3,(H2,9,11,12). The molecule has 0 atom stereocenters. The number of aromatic amines is 1. The summed E-state index contributed by atoms with van der Waals surface area (Å²) in [6.07, 6.45) is 3.95. The molecule has 8 nitrogen and oxygen atoms in total. The summed E-state index contributed by atoms with van der Waals surface area (Å²) in [4.78, 5) is 0.0593. The van der Waals surface area contributed by atoms with Gasteiger partial charge in [0.15, 0.2) is 5.82 Å². The smallest absolute Gasteiger partial charge is 0.266 e. The number of anilines is 2. The Labute approximate surface area is 91.5 Å². The highest BCUT2D eigenvalue weighted by atomic mass is 32.2. The molecule has 9 heteroatoms. The molecule has 2 rings (SSSR count). The van der Waals surface area contributed by atoms with Gasteiger partial charge in [0.2, 0.25) is 0 Å². The van der Waals surface area contributed by atoms with Gasteiger partial charge in [-0.1, -0.05) is 0 Å². The Morgan fingerprint density at radius 3 is 2.75 bits per heavy atom. The van der Waals surface area contributed by atoms with Gasteiger partial charge in [-0.2, -0.15) is 10.2 Å². The summed E-state index contributed by atoms with van der Waals surface area (Å²) in [5.74, 6) is 0.142. The minimum absolute atomic E-state index is 0.0593. The SMILES string of the molecule is Cn1cc(S(=O)(=O)Nc2[nH]ncc2N)cn1.